The van der Waals surface area contributed by atoms with Crippen LogP contribution in [0.2, 0.25) is 0 Å². The number of aryl methyl sites for hydroxylation is 1. The van der Waals surface area contributed by atoms with E-state index in [9.17, 15) is 0 Å². The maximum atomic E-state index is 5.65. The van der Waals surface area contributed by atoms with Crippen molar-refractivity contribution in [3.8, 4) is 0 Å². The van der Waals surface area contributed by atoms with Gasteiger partial charge in [-0.1, -0.05) is 49.1 Å². The fourth-order valence-corrected chi connectivity index (χ4v) is 1.40. The Morgan fingerprint density at radius 2 is 1.93 bits per heavy atom. The Hall–Kier alpha value is -1.34. The molecule has 0 amide bonds. The molecule has 0 fully saturated rings. The van der Waals surface area contributed by atoms with Crippen molar-refractivity contribution in [2.45, 2.75) is 19.4 Å². The van der Waals surface area contributed by atoms with Crippen LogP contribution in [0.5, 0.6) is 0 Å². The van der Waals surface area contributed by atoms with Gasteiger partial charge >= 0.3 is 0 Å². The second-order valence-corrected chi connectivity index (χ2v) is 3.34. The van der Waals surface area contributed by atoms with E-state index in [2.05, 4.69) is 25.3 Å². The summed E-state index contributed by atoms with van der Waals surface area (Å²) in [5.74, 6) is 0. The summed E-state index contributed by atoms with van der Waals surface area (Å²) in [5.41, 5.74) is 9.27. The van der Waals surface area contributed by atoms with Crippen LogP contribution in [-0.2, 0) is 13.0 Å². The van der Waals surface area contributed by atoms with Crippen molar-refractivity contribution >= 4 is 0 Å². The minimum Gasteiger partial charge on any atom is -0.326 e. The molecule has 0 atom stereocenters. The third kappa shape index (κ3) is 2.86. The third-order valence-corrected chi connectivity index (χ3v) is 2.34. The van der Waals surface area contributed by atoms with Gasteiger partial charge in [0.25, 0.3) is 0 Å². The zero-order valence-corrected chi connectivity index (χ0v) is 8.50. The highest BCUT2D eigenvalue weighted by atomic mass is 14.5. The van der Waals surface area contributed by atoms with Crippen molar-refractivity contribution in [2.75, 3.05) is 0 Å². The Morgan fingerprint density at radius 1 is 1.29 bits per heavy atom. The maximum Gasteiger partial charge on any atom is 0.0180 e. The summed E-state index contributed by atoms with van der Waals surface area (Å²) in [6, 6.07) is 8.27. The lowest BCUT2D eigenvalue weighted by Gasteiger charge is -2.06. The topological polar surface area (TPSA) is 26.0 Å². The van der Waals surface area contributed by atoms with Crippen molar-refractivity contribution in [2.24, 2.45) is 5.73 Å². The van der Waals surface area contributed by atoms with E-state index in [0.717, 1.165) is 18.4 Å². The van der Waals surface area contributed by atoms with Crippen LogP contribution in [0, 0.1) is 0 Å². The first-order valence-electron chi connectivity index (χ1n) is 4.85. The molecule has 0 heterocycles. The van der Waals surface area contributed by atoms with Gasteiger partial charge in [-0.15, -0.1) is 0 Å². The van der Waals surface area contributed by atoms with Crippen molar-refractivity contribution in [1.29, 1.82) is 0 Å². The molecule has 0 radical (unpaired) electrons. The number of hydrogen-bond donors (Lipinski definition) is 1. The van der Waals surface area contributed by atoms with Crippen LogP contribution in [0.15, 0.2) is 49.1 Å². The van der Waals surface area contributed by atoms with Gasteiger partial charge in [0.2, 0.25) is 0 Å². The first-order chi connectivity index (χ1) is 6.77. The van der Waals surface area contributed by atoms with Crippen molar-refractivity contribution in [1.82, 2.24) is 0 Å². The second-order valence-electron chi connectivity index (χ2n) is 3.34. The summed E-state index contributed by atoms with van der Waals surface area (Å²) in [6.45, 7) is 8.19. The van der Waals surface area contributed by atoms with E-state index >= 15 is 0 Å². The molecular formula is C13H17N. The molecule has 1 aromatic carbocycles. The van der Waals surface area contributed by atoms with E-state index in [4.69, 9.17) is 5.73 Å². The molecule has 1 heteroatoms. The molecule has 0 saturated carbocycles. The van der Waals surface area contributed by atoms with Crippen LogP contribution >= 0.6 is 0 Å². The summed E-state index contributed by atoms with van der Waals surface area (Å²) in [7, 11) is 0. The lowest BCUT2D eigenvalue weighted by molar-refractivity contribution is 0.928. The molecule has 0 aliphatic carbocycles. The molecule has 0 saturated heterocycles. The minimum atomic E-state index is 0.608. The molecule has 2 N–H and O–H groups in total. The Bertz CT molecular complexity index is 326. The van der Waals surface area contributed by atoms with Crippen LogP contribution in [0.25, 0.3) is 0 Å². The number of nitrogens with two attached hydrogens (primary N) is 1. The Balaban J connectivity index is 2.66. The molecule has 1 rings (SSSR count). The Kier molecular flexibility index (Phi) is 4.14. The van der Waals surface area contributed by atoms with Gasteiger partial charge in [-0.3, -0.25) is 0 Å². The summed E-state index contributed by atoms with van der Waals surface area (Å²) in [5, 5.41) is 0. The molecule has 1 nitrogen and oxygen atoms in total. The molecule has 14 heavy (non-hydrogen) atoms. The second kappa shape index (κ2) is 5.40. The third-order valence-electron chi connectivity index (χ3n) is 2.34. The summed E-state index contributed by atoms with van der Waals surface area (Å²) < 4.78 is 0. The van der Waals surface area contributed by atoms with Gasteiger partial charge in [-0.05, 0) is 24.0 Å². The first kappa shape index (κ1) is 10.7. The molecule has 0 bridgehead atoms. The lowest BCUT2D eigenvalue weighted by Crippen LogP contribution is -2.01. The van der Waals surface area contributed by atoms with Gasteiger partial charge in [0.05, 0.1) is 0 Å². The highest BCUT2D eigenvalue weighted by Crippen LogP contribution is 2.13. The molecular weight excluding hydrogens is 170 g/mol. The number of allylic oxidation sites excluding steroid dienone is 2. The minimum absolute atomic E-state index is 0.608. The predicted octanol–water partition coefficient (Wildman–Crippen LogP) is 2.82. The average Bonchev–Trinajstić information content (AvgIpc) is 2.26. The average molecular weight is 187 g/mol. The van der Waals surface area contributed by atoms with Crippen molar-refractivity contribution in [3.05, 3.63) is 60.2 Å². The van der Waals surface area contributed by atoms with Gasteiger partial charge < -0.3 is 5.73 Å². The predicted molar refractivity (Wildman–Crippen MR) is 62.0 cm³/mol. The van der Waals surface area contributed by atoms with Crippen LogP contribution < -0.4 is 5.73 Å². The van der Waals surface area contributed by atoms with Crippen LogP contribution in [0.3, 0.4) is 0 Å². The van der Waals surface area contributed by atoms with E-state index in [1.165, 1.54) is 11.1 Å². The molecule has 0 aliphatic rings. The number of rotatable bonds is 5. The van der Waals surface area contributed by atoms with Crippen molar-refractivity contribution in [3.63, 3.8) is 0 Å². The quantitative estimate of drug-likeness (QED) is 0.705. The fraction of sp³-hybridized carbons (Fsp3) is 0.231. The highest BCUT2D eigenvalue weighted by Gasteiger charge is 1.99. The molecule has 0 unspecified atom stereocenters. The molecule has 74 valence electrons. The van der Waals surface area contributed by atoms with E-state index in [-0.39, 0.29) is 0 Å². The van der Waals surface area contributed by atoms with Crippen LogP contribution in [0.1, 0.15) is 17.5 Å². The molecule has 1 aromatic rings. The highest BCUT2D eigenvalue weighted by molar-refractivity contribution is 5.28. The van der Waals surface area contributed by atoms with Crippen LogP contribution in [0.4, 0.5) is 0 Å². The van der Waals surface area contributed by atoms with E-state index in [0.29, 0.717) is 6.54 Å². The first-order valence-corrected chi connectivity index (χ1v) is 4.85. The van der Waals surface area contributed by atoms with E-state index in [1.54, 1.807) is 0 Å². The van der Waals surface area contributed by atoms with Gasteiger partial charge in [-0.2, -0.15) is 0 Å². The lowest BCUT2D eigenvalue weighted by atomic mass is 10.0. The summed E-state index contributed by atoms with van der Waals surface area (Å²) in [6.07, 6.45) is 3.77. The van der Waals surface area contributed by atoms with Crippen LogP contribution in [-0.4, -0.2) is 0 Å². The van der Waals surface area contributed by atoms with Gasteiger partial charge in [0.1, 0.15) is 0 Å². The van der Waals surface area contributed by atoms with Crippen molar-refractivity contribution < 1.29 is 0 Å². The zero-order valence-electron chi connectivity index (χ0n) is 8.50. The standard InChI is InChI=1S/C13H17N/c1-3-11(2)8-9-12-6-4-5-7-13(12)10-14/h3-7H,1-2,8-10,14H2. The molecule has 0 aliphatic heterocycles. The molecule has 0 aromatic heterocycles. The van der Waals surface area contributed by atoms with Gasteiger partial charge in [-0.25, -0.2) is 0 Å². The SMILES string of the molecule is C=CC(=C)CCc1ccccc1CN. The summed E-state index contributed by atoms with van der Waals surface area (Å²) >= 11 is 0. The number of benzene rings is 1. The van der Waals surface area contributed by atoms with E-state index in [1.807, 2.05) is 18.2 Å². The Labute approximate surface area is 85.9 Å². The van der Waals surface area contributed by atoms with Gasteiger partial charge in [0.15, 0.2) is 0 Å². The normalized spacial score (nSPS) is 9.79. The Morgan fingerprint density at radius 3 is 2.50 bits per heavy atom. The molecule has 0 spiro atoms. The maximum absolute atomic E-state index is 5.65. The van der Waals surface area contributed by atoms with E-state index < -0.39 is 0 Å². The summed E-state index contributed by atoms with van der Waals surface area (Å²) in [4.78, 5) is 0. The number of hydrogen-bond acceptors (Lipinski definition) is 1. The smallest absolute Gasteiger partial charge is 0.0180 e. The fourth-order valence-electron chi connectivity index (χ4n) is 1.40. The van der Waals surface area contributed by atoms with Gasteiger partial charge in [0, 0.05) is 6.54 Å². The largest absolute Gasteiger partial charge is 0.326 e. The monoisotopic (exact) mass is 187 g/mol. The zero-order chi connectivity index (χ0) is 10.4.